The van der Waals surface area contributed by atoms with Crippen LogP contribution in [0.1, 0.15) is 36.4 Å². The van der Waals surface area contributed by atoms with Crippen molar-refractivity contribution in [3.05, 3.63) is 44.1 Å². The number of aryl methyl sites for hydroxylation is 1. The normalized spacial score (nSPS) is 19.7. The molecule has 6 rings (SSSR count). The highest BCUT2D eigenvalue weighted by Crippen LogP contribution is 2.39. The monoisotopic (exact) mass is 559 g/mol. The average molecular weight is 561 g/mol. The Morgan fingerprint density at radius 2 is 1.89 bits per heavy atom. The van der Waals surface area contributed by atoms with E-state index in [2.05, 4.69) is 20.4 Å². The van der Waals surface area contributed by atoms with Gasteiger partial charge in [0.2, 0.25) is 0 Å². The average Bonchev–Trinajstić information content (AvgIpc) is 3.17. The molecule has 1 saturated heterocycles. The van der Waals surface area contributed by atoms with Gasteiger partial charge >= 0.3 is 4.87 Å². The van der Waals surface area contributed by atoms with Gasteiger partial charge in [-0.3, -0.25) is 9.36 Å². The number of thiazole rings is 1. The summed E-state index contributed by atoms with van der Waals surface area (Å²) in [5, 5.41) is 12.8. The van der Waals surface area contributed by atoms with Crippen LogP contribution in [0, 0.1) is 0 Å². The van der Waals surface area contributed by atoms with Gasteiger partial charge in [-0.2, -0.15) is 5.10 Å². The van der Waals surface area contributed by atoms with E-state index >= 15 is 0 Å². The zero-order valence-corrected chi connectivity index (χ0v) is 22.3. The molecule has 0 aliphatic carbocycles. The third-order valence-corrected chi connectivity index (χ3v) is 8.19. The van der Waals surface area contributed by atoms with E-state index < -0.39 is 0 Å². The van der Waals surface area contributed by atoms with Crippen molar-refractivity contribution in [3.8, 4) is 11.6 Å². The molecule has 2 aromatic heterocycles. The summed E-state index contributed by atoms with van der Waals surface area (Å²) in [5.74, 6) is 1.53. The van der Waals surface area contributed by atoms with Gasteiger partial charge in [-0.15, -0.1) is 29.9 Å². The predicted molar refractivity (Wildman–Crippen MR) is 142 cm³/mol. The van der Waals surface area contributed by atoms with E-state index in [0.29, 0.717) is 43.3 Å². The Kier molecular flexibility index (Phi) is 8.45. The third-order valence-electron chi connectivity index (χ3n) is 6.92. The van der Waals surface area contributed by atoms with Crippen molar-refractivity contribution < 1.29 is 9.47 Å². The molecule has 3 aliphatic heterocycles. The Morgan fingerprint density at radius 3 is 2.71 bits per heavy atom. The molecule has 1 fully saturated rings. The van der Waals surface area contributed by atoms with Gasteiger partial charge in [-0.25, -0.2) is 0 Å². The highest BCUT2D eigenvalue weighted by molar-refractivity contribution is 7.16. The molecular formula is C23H28Cl3N5O3S. The van der Waals surface area contributed by atoms with Gasteiger partial charge in [0.25, 0.3) is 5.88 Å². The highest BCUT2D eigenvalue weighted by Gasteiger charge is 2.29. The second-order valence-electron chi connectivity index (χ2n) is 8.97. The number of nitrogens with one attached hydrogen (secondary N) is 1. The topological polar surface area (TPSA) is 81.5 Å². The van der Waals surface area contributed by atoms with Crippen LogP contribution in [-0.4, -0.2) is 58.6 Å². The Balaban J connectivity index is 0.00000144. The molecule has 0 saturated carbocycles. The number of nitrogens with zero attached hydrogens (tertiary/aromatic N) is 4. The van der Waals surface area contributed by atoms with Gasteiger partial charge < -0.3 is 19.7 Å². The summed E-state index contributed by atoms with van der Waals surface area (Å²) in [5.41, 5.74) is 3.09. The molecule has 1 unspecified atom stereocenters. The van der Waals surface area contributed by atoms with Crippen LogP contribution in [0.4, 0.5) is 0 Å². The minimum atomic E-state index is 0. The fourth-order valence-corrected chi connectivity index (χ4v) is 6.47. The van der Waals surface area contributed by atoms with Crippen LogP contribution in [0.3, 0.4) is 0 Å². The van der Waals surface area contributed by atoms with Crippen LogP contribution in [0.2, 0.25) is 5.02 Å². The molecule has 1 N–H and O–H groups in total. The third kappa shape index (κ3) is 5.26. The van der Waals surface area contributed by atoms with E-state index in [0.717, 1.165) is 71.9 Å². The molecule has 35 heavy (non-hydrogen) atoms. The lowest BCUT2D eigenvalue weighted by Crippen LogP contribution is -2.44. The first-order valence-corrected chi connectivity index (χ1v) is 12.7. The van der Waals surface area contributed by atoms with Crippen molar-refractivity contribution in [1.82, 2.24) is 25.0 Å². The number of benzene rings is 1. The second kappa shape index (κ2) is 11.2. The number of ether oxygens (including phenoxy) is 2. The van der Waals surface area contributed by atoms with Crippen molar-refractivity contribution >= 4 is 58.0 Å². The maximum atomic E-state index is 12.3. The first-order valence-electron chi connectivity index (χ1n) is 11.6. The van der Waals surface area contributed by atoms with E-state index in [1.165, 1.54) is 11.3 Å². The molecule has 0 radical (unpaired) electrons. The summed E-state index contributed by atoms with van der Waals surface area (Å²) in [6.45, 7) is 5.61. The van der Waals surface area contributed by atoms with E-state index in [9.17, 15) is 4.79 Å². The number of aromatic nitrogens is 3. The summed E-state index contributed by atoms with van der Waals surface area (Å²) >= 11 is 7.96. The van der Waals surface area contributed by atoms with Crippen molar-refractivity contribution in [2.24, 2.45) is 0 Å². The SMILES string of the molecule is Cl.Cl.O=c1sc2ccc(Cl)c3c2n1CCC3CN1CCC(NCc2cc3c(nn2)OCCO3)CC1. The fraction of sp³-hybridized carbons (Fsp3) is 0.522. The molecule has 0 bridgehead atoms. The van der Waals surface area contributed by atoms with Crippen LogP contribution in [0.5, 0.6) is 11.6 Å². The van der Waals surface area contributed by atoms with Gasteiger partial charge in [-0.1, -0.05) is 22.9 Å². The minimum Gasteiger partial charge on any atom is -0.484 e. The predicted octanol–water partition coefficient (Wildman–Crippen LogP) is 3.86. The van der Waals surface area contributed by atoms with Gasteiger partial charge in [-0.05, 0) is 44.5 Å². The Labute approximate surface area is 224 Å². The molecular weight excluding hydrogens is 533 g/mol. The molecule has 5 heterocycles. The van der Waals surface area contributed by atoms with Crippen LogP contribution in [0.25, 0.3) is 10.2 Å². The number of halogens is 3. The molecule has 0 amide bonds. The lowest BCUT2D eigenvalue weighted by Gasteiger charge is -2.36. The van der Waals surface area contributed by atoms with E-state index in [-0.39, 0.29) is 29.7 Å². The maximum absolute atomic E-state index is 12.3. The number of likely N-dealkylation sites (tertiary alicyclic amines) is 1. The Bertz CT molecular complexity index is 1250. The summed E-state index contributed by atoms with van der Waals surface area (Å²) in [6.07, 6.45) is 3.14. The smallest absolute Gasteiger partial charge is 0.308 e. The lowest BCUT2D eigenvalue weighted by atomic mass is 9.90. The number of rotatable bonds is 5. The molecule has 0 spiro atoms. The number of hydrogen-bond donors (Lipinski definition) is 1. The zero-order valence-electron chi connectivity index (χ0n) is 19.1. The van der Waals surface area contributed by atoms with Crippen molar-refractivity contribution in [2.45, 2.75) is 44.3 Å². The summed E-state index contributed by atoms with van der Waals surface area (Å²) in [4.78, 5) is 15.0. The first-order chi connectivity index (χ1) is 16.2. The number of piperidine rings is 1. The van der Waals surface area contributed by atoms with Crippen LogP contribution in [-0.2, 0) is 13.1 Å². The molecule has 3 aliphatic rings. The van der Waals surface area contributed by atoms with Crippen molar-refractivity contribution in [3.63, 3.8) is 0 Å². The van der Waals surface area contributed by atoms with E-state index in [1.54, 1.807) is 0 Å². The number of hydrogen-bond acceptors (Lipinski definition) is 8. The van der Waals surface area contributed by atoms with Gasteiger partial charge in [0.1, 0.15) is 13.2 Å². The summed E-state index contributed by atoms with van der Waals surface area (Å²) in [7, 11) is 0. The quantitative estimate of drug-likeness (QED) is 0.507. The van der Waals surface area contributed by atoms with Gasteiger partial charge in [0, 0.05) is 48.2 Å². The van der Waals surface area contributed by atoms with Crippen LogP contribution < -0.4 is 19.7 Å². The van der Waals surface area contributed by atoms with E-state index in [1.807, 2.05) is 22.8 Å². The maximum Gasteiger partial charge on any atom is 0.308 e. The number of fused-ring (bicyclic) bond motifs is 1. The van der Waals surface area contributed by atoms with Crippen LogP contribution in [0.15, 0.2) is 23.0 Å². The Hall–Kier alpha value is -1.62. The molecule has 1 atom stereocenters. The second-order valence-corrected chi connectivity index (χ2v) is 10.4. The highest BCUT2D eigenvalue weighted by atomic mass is 35.5. The minimum absolute atomic E-state index is 0. The molecule has 3 aromatic rings. The molecule has 1 aromatic carbocycles. The van der Waals surface area contributed by atoms with E-state index in [4.69, 9.17) is 21.1 Å². The first kappa shape index (κ1) is 26.4. The standard InChI is InChI=1S/C23H26ClN5O3S.2ClH/c24-17-1-2-19-21-20(17)14(3-8-29(21)23(30)33-19)13-28-6-4-15(5-7-28)25-12-16-11-18-22(27-26-16)32-10-9-31-18;;/h1-2,11,14-15,25H,3-10,12-13H2;2*1H. The van der Waals surface area contributed by atoms with Crippen LogP contribution >= 0.6 is 47.8 Å². The summed E-state index contributed by atoms with van der Waals surface area (Å²) in [6, 6.07) is 6.31. The van der Waals surface area contributed by atoms with Gasteiger partial charge in [0.15, 0.2) is 5.75 Å². The summed E-state index contributed by atoms with van der Waals surface area (Å²) < 4.78 is 14.0. The molecule has 8 nitrogen and oxygen atoms in total. The van der Waals surface area contributed by atoms with Crippen molar-refractivity contribution in [2.75, 3.05) is 32.8 Å². The molecule has 12 heteroatoms. The Morgan fingerprint density at radius 1 is 1.09 bits per heavy atom. The fourth-order valence-electron chi connectivity index (χ4n) is 5.23. The largest absolute Gasteiger partial charge is 0.484 e. The lowest BCUT2D eigenvalue weighted by molar-refractivity contribution is 0.161. The van der Waals surface area contributed by atoms with Gasteiger partial charge in [0.05, 0.1) is 15.9 Å². The van der Waals surface area contributed by atoms with Crippen molar-refractivity contribution in [1.29, 1.82) is 0 Å². The molecule has 190 valence electrons. The zero-order chi connectivity index (χ0) is 22.4.